The van der Waals surface area contributed by atoms with Crippen molar-refractivity contribution < 1.29 is 9.53 Å². The maximum Gasteiger partial charge on any atom is 0.257 e. The number of hydrogen-bond donors (Lipinski definition) is 1. The molecule has 3 heterocycles. The van der Waals surface area contributed by atoms with E-state index >= 15 is 0 Å². The topological polar surface area (TPSA) is 80.2 Å². The number of amides is 1. The Morgan fingerprint density at radius 3 is 2.92 bits per heavy atom. The highest BCUT2D eigenvalue weighted by molar-refractivity contribution is 5.97. The van der Waals surface area contributed by atoms with Crippen molar-refractivity contribution in [3.8, 4) is 5.88 Å². The number of pyridine rings is 1. The fourth-order valence-corrected chi connectivity index (χ4v) is 3.77. The van der Waals surface area contributed by atoms with Crippen LogP contribution in [-0.4, -0.2) is 47.1 Å². The second-order valence-electron chi connectivity index (χ2n) is 6.81. The number of fused-ring (bicyclic) bond motifs is 1. The van der Waals surface area contributed by atoms with Crippen molar-refractivity contribution in [3.05, 3.63) is 41.3 Å². The van der Waals surface area contributed by atoms with Crippen LogP contribution in [0.4, 0.5) is 5.95 Å². The molecule has 2 aromatic heterocycles. The average molecular weight is 353 g/mol. The predicted molar refractivity (Wildman–Crippen MR) is 97.5 cm³/mol. The van der Waals surface area contributed by atoms with E-state index in [2.05, 4.69) is 25.2 Å². The van der Waals surface area contributed by atoms with Gasteiger partial charge in [-0.25, -0.2) is 15.0 Å². The van der Waals surface area contributed by atoms with Crippen molar-refractivity contribution in [2.24, 2.45) is 0 Å². The zero-order chi connectivity index (χ0) is 17.9. The number of methoxy groups -OCH3 is 1. The molecule has 2 aromatic rings. The Balaban J connectivity index is 1.48. The van der Waals surface area contributed by atoms with Gasteiger partial charge in [-0.1, -0.05) is 0 Å². The predicted octanol–water partition coefficient (Wildman–Crippen LogP) is 1.77. The second kappa shape index (κ2) is 7.27. The van der Waals surface area contributed by atoms with Crippen molar-refractivity contribution in [2.45, 2.75) is 38.1 Å². The molecule has 0 aromatic carbocycles. The van der Waals surface area contributed by atoms with Gasteiger partial charge < -0.3 is 15.0 Å². The number of nitrogens with one attached hydrogen (secondary N) is 1. The van der Waals surface area contributed by atoms with E-state index in [0.29, 0.717) is 23.9 Å². The summed E-state index contributed by atoms with van der Waals surface area (Å²) in [5.74, 6) is 1.01. The molecule has 26 heavy (non-hydrogen) atoms. The van der Waals surface area contributed by atoms with Gasteiger partial charge >= 0.3 is 0 Å². The standard InChI is InChI=1S/C19H23N5O2/c1-26-18-15(11-13-5-2-7-16(13)23-18)17(25)22-14-6-3-10-24(12-14)19-20-8-4-9-21-19/h4,8-9,11,14H,2-3,5-7,10,12H2,1H3,(H,22,25)/t14-/m0/s1. The first-order chi connectivity index (χ1) is 12.7. The smallest absolute Gasteiger partial charge is 0.257 e. The summed E-state index contributed by atoms with van der Waals surface area (Å²) in [4.78, 5) is 28.1. The quantitative estimate of drug-likeness (QED) is 0.902. The van der Waals surface area contributed by atoms with Gasteiger partial charge in [-0.05, 0) is 49.8 Å². The summed E-state index contributed by atoms with van der Waals surface area (Å²) in [6, 6.07) is 3.81. The summed E-state index contributed by atoms with van der Waals surface area (Å²) in [6.07, 6.45) is 8.44. The number of carbonyl (C=O) groups is 1. The fraction of sp³-hybridized carbons (Fsp3) is 0.474. The maximum absolute atomic E-state index is 12.9. The van der Waals surface area contributed by atoms with Crippen LogP contribution in [0.3, 0.4) is 0 Å². The van der Waals surface area contributed by atoms with Gasteiger partial charge in [0.25, 0.3) is 5.91 Å². The van der Waals surface area contributed by atoms with Crippen molar-refractivity contribution in [1.29, 1.82) is 0 Å². The molecule has 1 aliphatic heterocycles. The Bertz CT molecular complexity index is 796. The van der Waals surface area contributed by atoms with Crippen molar-refractivity contribution >= 4 is 11.9 Å². The van der Waals surface area contributed by atoms with Crippen molar-refractivity contribution in [3.63, 3.8) is 0 Å². The van der Waals surface area contributed by atoms with Gasteiger partial charge in [0.1, 0.15) is 5.56 Å². The van der Waals surface area contributed by atoms with E-state index in [1.807, 2.05) is 6.07 Å². The summed E-state index contributed by atoms with van der Waals surface area (Å²) in [5, 5.41) is 3.14. The minimum Gasteiger partial charge on any atom is -0.480 e. The molecule has 1 N–H and O–H groups in total. The van der Waals surface area contributed by atoms with E-state index in [0.717, 1.165) is 44.3 Å². The molecule has 1 amide bonds. The number of rotatable bonds is 4. The molecule has 4 rings (SSSR count). The minimum absolute atomic E-state index is 0.0537. The third kappa shape index (κ3) is 3.34. The number of aromatic nitrogens is 3. The highest BCUT2D eigenvalue weighted by Crippen LogP contribution is 2.27. The number of hydrogen-bond acceptors (Lipinski definition) is 6. The Hall–Kier alpha value is -2.70. The van der Waals surface area contributed by atoms with Crippen LogP contribution in [0.25, 0.3) is 0 Å². The monoisotopic (exact) mass is 353 g/mol. The molecule has 0 bridgehead atoms. The van der Waals surface area contributed by atoms with Gasteiger partial charge in [-0.3, -0.25) is 4.79 Å². The normalized spacial score (nSPS) is 19.1. The maximum atomic E-state index is 12.9. The number of carbonyl (C=O) groups excluding carboxylic acids is 1. The molecular formula is C19H23N5O2. The first-order valence-electron chi connectivity index (χ1n) is 9.14. The molecule has 7 heteroatoms. The third-order valence-corrected chi connectivity index (χ3v) is 5.05. The van der Waals surface area contributed by atoms with Crippen LogP contribution in [0.5, 0.6) is 5.88 Å². The number of nitrogens with zero attached hydrogens (tertiary/aromatic N) is 4. The lowest BCUT2D eigenvalue weighted by atomic mass is 10.0. The largest absolute Gasteiger partial charge is 0.480 e. The molecule has 1 fully saturated rings. The van der Waals surface area contributed by atoms with Crippen LogP contribution >= 0.6 is 0 Å². The van der Waals surface area contributed by atoms with Crippen LogP contribution in [0.15, 0.2) is 24.5 Å². The lowest BCUT2D eigenvalue weighted by molar-refractivity contribution is 0.0929. The van der Waals surface area contributed by atoms with Crippen LogP contribution < -0.4 is 15.0 Å². The number of anilines is 1. The Morgan fingerprint density at radius 1 is 1.27 bits per heavy atom. The minimum atomic E-state index is -0.120. The van der Waals surface area contributed by atoms with Gasteiger partial charge in [0.05, 0.1) is 7.11 Å². The molecule has 0 unspecified atom stereocenters. The van der Waals surface area contributed by atoms with E-state index in [4.69, 9.17) is 4.74 Å². The van der Waals surface area contributed by atoms with Crippen LogP contribution in [-0.2, 0) is 12.8 Å². The average Bonchev–Trinajstić information content (AvgIpc) is 3.15. The summed E-state index contributed by atoms with van der Waals surface area (Å²) < 4.78 is 5.37. The van der Waals surface area contributed by atoms with E-state index < -0.39 is 0 Å². The molecule has 0 radical (unpaired) electrons. The van der Waals surface area contributed by atoms with E-state index in [-0.39, 0.29) is 11.9 Å². The van der Waals surface area contributed by atoms with Crippen LogP contribution in [0.2, 0.25) is 0 Å². The van der Waals surface area contributed by atoms with Crippen LogP contribution in [0, 0.1) is 0 Å². The van der Waals surface area contributed by atoms with Gasteiger partial charge in [0, 0.05) is 37.2 Å². The van der Waals surface area contributed by atoms with E-state index in [9.17, 15) is 4.79 Å². The fourth-order valence-electron chi connectivity index (χ4n) is 3.77. The van der Waals surface area contributed by atoms with Gasteiger partial charge in [0.2, 0.25) is 11.8 Å². The molecule has 2 aliphatic rings. The molecule has 0 saturated carbocycles. The summed E-state index contributed by atoms with van der Waals surface area (Å²) >= 11 is 0. The summed E-state index contributed by atoms with van der Waals surface area (Å²) in [5.41, 5.74) is 2.75. The molecule has 136 valence electrons. The molecule has 1 saturated heterocycles. The first kappa shape index (κ1) is 16.8. The highest BCUT2D eigenvalue weighted by atomic mass is 16.5. The summed E-state index contributed by atoms with van der Waals surface area (Å²) in [6.45, 7) is 1.61. The van der Waals surface area contributed by atoms with Crippen molar-refractivity contribution in [2.75, 3.05) is 25.1 Å². The zero-order valence-electron chi connectivity index (χ0n) is 14.9. The molecule has 1 atom stereocenters. The Morgan fingerprint density at radius 2 is 2.12 bits per heavy atom. The van der Waals surface area contributed by atoms with Gasteiger partial charge in [0.15, 0.2) is 0 Å². The zero-order valence-corrected chi connectivity index (χ0v) is 14.9. The Labute approximate surface area is 152 Å². The molecule has 1 aliphatic carbocycles. The SMILES string of the molecule is COc1nc2c(cc1C(=O)N[C@H]1CCCN(c3ncccn3)C1)CCC2. The van der Waals surface area contributed by atoms with Crippen molar-refractivity contribution in [1.82, 2.24) is 20.3 Å². The number of aryl methyl sites for hydroxylation is 2. The number of piperidine rings is 1. The number of ether oxygens (including phenoxy) is 1. The molecule has 0 spiro atoms. The summed E-state index contributed by atoms with van der Waals surface area (Å²) in [7, 11) is 1.57. The highest BCUT2D eigenvalue weighted by Gasteiger charge is 2.26. The van der Waals surface area contributed by atoms with E-state index in [1.165, 1.54) is 5.56 Å². The van der Waals surface area contributed by atoms with Crippen LogP contribution in [0.1, 0.15) is 40.9 Å². The van der Waals surface area contributed by atoms with Gasteiger partial charge in [-0.2, -0.15) is 0 Å². The lowest BCUT2D eigenvalue weighted by Gasteiger charge is -2.33. The second-order valence-corrected chi connectivity index (χ2v) is 6.81. The van der Waals surface area contributed by atoms with E-state index in [1.54, 1.807) is 25.6 Å². The first-order valence-corrected chi connectivity index (χ1v) is 9.14. The molecule has 7 nitrogen and oxygen atoms in total. The Kier molecular flexibility index (Phi) is 4.69. The lowest BCUT2D eigenvalue weighted by Crippen LogP contribution is -2.48. The third-order valence-electron chi connectivity index (χ3n) is 5.05. The van der Waals surface area contributed by atoms with Gasteiger partial charge in [-0.15, -0.1) is 0 Å². The molecular weight excluding hydrogens is 330 g/mol.